The van der Waals surface area contributed by atoms with Crippen molar-refractivity contribution in [3.63, 3.8) is 0 Å². The van der Waals surface area contributed by atoms with Crippen LogP contribution in [-0.4, -0.2) is 23.9 Å². The van der Waals surface area contributed by atoms with Crippen LogP contribution in [-0.2, 0) is 13.0 Å². The topological polar surface area (TPSA) is 32.3 Å². The second kappa shape index (κ2) is 8.70. The molecule has 132 valence electrons. The van der Waals surface area contributed by atoms with Gasteiger partial charge in [-0.1, -0.05) is 50.1 Å². The van der Waals surface area contributed by atoms with E-state index in [9.17, 15) is 4.79 Å². The molecule has 1 aliphatic heterocycles. The van der Waals surface area contributed by atoms with Crippen LogP contribution in [0.15, 0.2) is 48.5 Å². The van der Waals surface area contributed by atoms with Crippen molar-refractivity contribution in [2.24, 2.45) is 0 Å². The van der Waals surface area contributed by atoms with Crippen LogP contribution in [0, 0.1) is 0 Å². The number of likely N-dealkylation sites (tertiary alicyclic amines) is 1. The van der Waals surface area contributed by atoms with Gasteiger partial charge in [0.1, 0.15) is 0 Å². The third-order valence-electron chi connectivity index (χ3n) is 4.95. The molecule has 0 saturated carbocycles. The van der Waals surface area contributed by atoms with Gasteiger partial charge in [0, 0.05) is 30.9 Å². The summed E-state index contributed by atoms with van der Waals surface area (Å²) in [6.07, 6.45) is 5.74. The molecule has 25 heavy (non-hydrogen) atoms. The number of carbonyl (C=O) groups is 1. The number of nitrogens with one attached hydrogen (secondary N) is 1. The van der Waals surface area contributed by atoms with Crippen LogP contribution in [0.4, 0.5) is 5.69 Å². The normalized spacial score (nSPS) is 14.8. The Bertz CT molecular complexity index is 703. The first-order valence-corrected chi connectivity index (χ1v) is 9.48. The van der Waals surface area contributed by atoms with Gasteiger partial charge >= 0.3 is 0 Å². The van der Waals surface area contributed by atoms with E-state index in [-0.39, 0.29) is 5.91 Å². The predicted octanol–water partition coefficient (Wildman–Crippen LogP) is 4.88. The minimum absolute atomic E-state index is 0.178. The minimum atomic E-state index is 0.178. The number of hydrogen-bond acceptors (Lipinski definition) is 2. The van der Waals surface area contributed by atoms with Crippen LogP contribution in [0.1, 0.15) is 54.1 Å². The van der Waals surface area contributed by atoms with E-state index in [1.165, 1.54) is 24.1 Å². The maximum atomic E-state index is 12.8. The number of para-hydroxylation sites is 1. The van der Waals surface area contributed by atoms with E-state index in [0.29, 0.717) is 0 Å². The molecule has 2 aromatic rings. The molecule has 0 radical (unpaired) electrons. The van der Waals surface area contributed by atoms with Crippen LogP contribution in [0.3, 0.4) is 0 Å². The fraction of sp³-hybridized carbons (Fsp3) is 0.409. The van der Waals surface area contributed by atoms with E-state index in [0.717, 1.165) is 50.0 Å². The van der Waals surface area contributed by atoms with Crippen LogP contribution in [0.2, 0.25) is 0 Å². The number of aryl methyl sites for hydroxylation is 1. The average Bonchev–Trinajstić information content (AvgIpc) is 2.95. The summed E-state index contributed by atoms with van der Waals surface area (Å²) < 4.78 is 0. The molecule has 0 atom stereocenters. The van der Waals surface area contributed by atoms with Gasteiger partial charge in [0.25, 0.3) is 5.91 Å². The van der Waals surface area contributed by atoms with Crippen molar-refractivity contribution in [1.82, 2.24) is 4.90 Å². The Labute approximate surface area is 151 Å². The van der Waals surface area contributed by atoms with Crippen molar-refractivity contribution in [2.75, 3.05) is 18.4 Å². The van der Waals surface area contributed by atoms with Crippen LogP contribution in [0.5, 0.6) is 0 Å². The van der Waals surface area contributed by atoms with Crippen LogP contribution in [0.25, 0.3) is 0 Å². The highest BCUT2D eigenvalue weighted by atomic mass is 16.2. The summed E-state index contributed by atoms with van der Waals surface area (Å²) in [5.74, 6) is 0.178. The molecule has 0 spiro atoms. The van der Waals surface area contributed by atoms with Gasteiger partial charge in [-0.2, -0.15) is 0 Å². The molecule has 1 saturated heterocycles. The Morgan fingerprint density at radius 2 is 1.76 bits per heavy atom. The summed E-state index contributed by atoms with van der Waals surface area (Å²) in [6.45, 7) is 4.69. The standard InChI is InChI=1S/C22H28N2O/c1-2-19-11-5-6-13-21(19)23-17-18-10-9-12-20(16-18)22(25)24-14-7-3-4-8-15-24/h5-6,9-13,16,23H,2-4,7-8,14-15,17H2,1H3. The summed E-state index contributed by atoms with van der Waals surface area (Å²) in [4.78, 5) is 14.8. The van der Waals surface area contributed by atoms with Crippen molar-refractivity contribution in [3.8, 4) is 0 Å². The number of nitrogens with zero attached hydrogens (tertiary/aromatic N) is 1. The number of anilines is 1. The van der Waals surface area contributed by atoms with Gasteiger partial charge in [-0.25, -0.2) is 0 Å². The molecule has 0 unspecified atom stereocenters. The maximum absolute atomic E-state index is 12.8. The smallest absolute Gasteiger partial charge is 0.253 e. The molecular formula is C22H28N2O. The van der Waals surface area contributed by atoms with E-state index in [1.54, 1.807) is 0 Å². The first-order chi connectivity index (χ1) is 12.3. The summed E-state index contributed by atoms with van der Waals surface area (Å²) in [5.41, 5.74) is 4.45. The largest absolute Gasteiger partial charge is 0.381 e. The number of amides is 1. The lowest BCUT2D eigenvalue weighted by Crippen LogP contribution is -2.31. The second-order valence-corrected chi connectivity index (χ2v) is 6.77. The van der Waals surface area contributed by atoms with E-state index in [1.807, 2.05) is 23.1 Å². The minimum Gasteiger partial charge on any atom is -0.381 e. The fourth-order valence-electron chi connectivity index (χ4n) is 3.47. The molecule has 1 N–H and O–H groups in total. The van der Waals surface area contributed by atoms with Gasteiger partial charge in [-0.15, -0.1) is 0 Å². The van der Waals surface area contributed by atoms with E-state index < -0.39 is 0 Å². The Hall–Kier alpha value is -2.29. The van der Waals surface area contributed by atoms with Crippen molar-refractivity contribution >= 4 is 11.6 Å². The average molecular weight is 336 g/mol. The lowest BCUT2D eigenvalue weighted by Gasteiger charge is -2.20. The fourth-order valence-corrected chi connectivity index (χ4v) is 3.47. The van der Waals surface area contributed by atoms with Crippen molar-refractivity contribution in [1.29, 1.82) is 0 Å². The third-order valence-corrected chi connectivity index (χ3v) is 4.95. The molecular weight excluding hydrogens is 308 g/mol. The summed E-state index contributed by atoms with van der Waals surface area (Å²) in [5, 5.41) is 3.51. The molecule has 1 aliphatic rings. The van der Waals surface area contributed by atoms with Gasteiger partial charge in [-0.3, -0.25) is 4.79 Å². The number of rotatable bonds is 5. The predicted molar refractivity (Wildman–Crippen MR) is 104 cm³/mol. The maximum Gasteiger partial charge on any atom is 0.253 e. The molecule has 3 rings (SSSR count). The number of hydrogen-bond donors (Lipinski definition) is 1. The highest BCUT2D eigenvalue weighted by Crippen LogP contribution is 2.18. The Balaban J connectivity index is 1.67. The van der Waals surface area contributed by atoms with E-state index >= 15 is 0 Å². The van der Waals surface area contributed by atoms with Gasteiger partial charge in [-0.05, 0) is 48.6 Å². The highest BCUT2D eigenvalue weighted by molar-refractivity contribution is 5.94. The monoisotopic (exact) mass is 336 g/mol. The summed E-state index contributed by atoms with van der Waals surface area (Å²) >= 11 is 0. The first-order valence-electron chi connectivity index (χ1n) is 9.48. The molecule has 0 bridgehead atoms. The second-order valence-electron chi connectivity index (χ2n) is 6.77. The molecule has 1 amide bonds. The van der Waals surface area contributed by atoms with Crippen molar-refractivity contribution in [2.45, 2.75) is 45.6 Å². The molecule has 1 fully saturated rings. The molecule has 0 aliphatic carbocycles. The number of carbonyl (C=O) groups excluding carboxylic acids is 1. The van der Waals surface area contributed by atoms with Crippen LogP contribution >= 0.6 is 0 Å². The van der Waals surface area contributed by atoms with Gasteiger partial charge in [0.15, 0.2) is 0 Å². The Morgan fingerprint density at radius 3 is 2.52 bits per heavy atom. The van der Waals surface area contributed by atoms with Gasteiger partial charge < -0.3 is 10.2 Å². The zero-order chi connectivity index (χ0) is 17.5. The van der Waals surface area contributed by atoms with Crippen molar-refractivity contribution in [3.05, 3.63) is 65.2 Å². The van der Waals surface area contributed by atoms with Gasteiger partial charge in [0.05, 0.1) is 0 Å². The van der Waals surface area contributed by atoms with Gasteiger partial charge in [0.2, 0.25) is 0 Å². The molecule has 2 aromatic carbocycles. The zero-order valence-corrected chi connectivity index (χ0v) is 15.1. The molecule has 3 heteroatoms. The van der Waals surface area contributed by atoms with E-state index in [4.69, 9.17) is 0 Å². The summed E-state index contributed by atoms with van der Waals surface area (Å²) in [6, 6.07) is 16.5. The lowest BCUT2D eigenvalue weighted by atomic mass is 10.1. The number of benzene rings is 2. The van der Waals surface area contributed by atoms with Crippen LogP contribution < -0.4 is 5.32 Å². The Morgan fingerprint density at radius 1 is 1.00 bits per heavy atom. The molecule has 3 nitrogen and oxygen atoms in total. The molecule has 1 heterocycles. The van der Waals surface area contributed by atoms with E-state index in [2.05, 4.69) is 42.6 Å². The SMILES string of the molecule is CCc1ccccc1NCc1cccc(C(=O)N2CCCCCC2)c1. The van der Waals surface area contributed by atoms with Crippen molar-refractivity contribution < 1.29 is 4.79 Å². The Kier molecular flexibility index (Phi) is 6.10. The first kappa shape index (κ1) is 17.5. The quantitative estimate of drug-likeness (QED) is 0.844. The third kappa shape index (κ3) is 4.62. The highest BCUT2D eigenvalue weighted by Gasteiger charge is 2.17. The zero-order valence-electron chi connectivity index (χ0n) is 15.1. The summed E-state index contributed by atoms with van der Waals surface area (Å²) in [7, 11) is 0. The lowest BCUT2D eigenvalue weighted by molar-refractivity contribution is 0.0761. The molecule has 0 aromatic heterocycles.